The van der Waals surface area contributed by atoms with Crippen molar-refractivity contribution in [3.05, 3.63) is 101 Å². The van der Waals surface area contributed by atoms with Gasteiger partial charge in [0.25, 0.3) is 5.91 Å². The minimum absolute atomic E-state index is 0.182. The molecule has 0 radical (unpaired) electrons. The highest BCUT2D eigenvalue weighted by Gasteiger charge is 2.30. The van der Waals surface area contributed by atoms with Gasteiger partial charge in [-0.05, 0) is 54.8 Å². The fraction of sp³-hybridized carbons (Fsp3) is 0.259. The van der Waals surface area contributed by atoms with Gasteiger partial charge in [0.05, 0.1) is 0 Å². The number of likely N-dealkylation sites (N-methyl/N-ethyl adjacent to an activating group) is 1. The Morgan fingerprint density at radius 3 is 2.30 bits per heavy atom. The summed E-state index contributed by atoms with van der Waals surface area (Å²) in [7, 11) is 0. The first-order valence-corrected chi connectivity index (χ1v) is 11.4. The topological polar surface area (TPSA) is 58.6 Å². The standard InChI is InChI=1S/C27H29ClN2O3/c1-3-29-27(32)25(17-21-10-5-4-6-11-21)30(18-22-12-8-7-9-20(22)2)26(31)19-33-24-15-13-23(28)14-16-24/h4-16,25H,3,17-19H2,1-2H3,(H,29,32)/t25-/m1/s1. The molecule has 0 unspecified atom stereocenters. The summed E-state index contributed by atoms with van der Waals surface area (Å²) in [6, 6.07) is 23.8. The zero-order valence-electron chi connectivity index (χ0n) is 19.0. The van der Waals surface area contributed by atoms with E-state index in [2.05, 4.69) is 5.32 Å². The number of nitrogens with zero attached hydrogens (tertiary/aromatic N) is 1. The van der Waals surface area contributed by atoms with E-state index >= 15 is 0 Å². The van der Waals surface area contributed by atoms with Crippen molar-refractivity contribution in [3.8, 4) is 5.75 Å². The molecular formula is C27H29ClN2O3. The van der Waals surface area contributed by atoms with Crippen molar-refractivity contribution in [2.75, 3.05) is 13.2 Å². The Bertz CT molecular complexity index is 1050. The molecule has 6 heteroatoms. The number of rotatable bonds is 10. The van der Waals surface area contributed by atoms with Gasteiger partial charge in [0.2, 0.25) is 5.91 Å². The predicted octanol–water partition coefficient (Wildman–Crippen LogP) is 4.80. The van der Waals surface area contributed by atoms with Crippen LogP contribution in [-0.4, -0.2) is 35.9 Å². The van der Waals surface area contributed by atoms with Crippen molar-refractivity contribution in [2.24, 2.45) is 0 Å². The minimum atomic E-state index is -0.673. The van der Waals surface area contributed by atoms with Gasteiger partial charge < -0.3 is 15.0 Å². The first-order chi connectivity index (χ1) is 16.0. The average molecular weight is 465 g/mol. The first kappa shape index (κ1) is 24.3. The lowest BCUT2D eigenvalue weighted by Gasteiger charge is -2.31. The van der Waals surface area contributed by atoms with Crippen LogP contribution >= 0.6 is 11.6 Å². The maximum absolute atomic E-state index is 13.4. The zero-order valence-corrected chi connectivity index (χ0v) is 19.7. The summed E-state index contributed by atoms with van der Waals surface area (Å²) >= 11 is 5.94. The molecule has 0 saturated carbocycles. The van der Waals surface area contributed by atoms with Gasteiger partial charge in [0.1, 0.15) is 11.8 Å². The van der Waals surface area contributed by atoms with Crippen LogP contribution < -0.4 is 10.1 Å². The quantitative estimate of drug-likeness (QED) is 0.468. The molecule has 3 rings (SSSR count). The van der Waals surface area contributed by atoms with Crippen LogP contribution in [0.3, 0.4) is 0 Å². The molecule has 0 saturated heterocycles. The predicted molar refractivity (Wildman–Crippen MR) is 131 cm³/mol. The lowest BCUT2D eigenvalue weighted by atomic mass is 10.0. The maximum Gasteiger partial charge on any atom is 0.261 e. The highest BCUT2D eigenvalue weighted by Crippen LogP contribution is 2.19. The Kier molecular flexibility index (Phi) is 8.90. The van der Waals surface area contributed by atoms with E-state index in [9.17, 15) is 9.59 Å². The number of benzene rings is 3. The van der Waals surface area contributed by atoms with Gasteiger partial charge in [0, 0.05) is 24.5 Å². The summed E-state index contributed by atoms with van der Waals surface area (Å²) in [5.74, 6) is 0.0939. The summed E-state index contributed by atoms with van der Waals surface area (Å²) in [5.41, 5.74) is 3.03. The van der Waals surface area contributed by atoms with Crippen LogP contribution in [0.2, 0.25) is 5.02 Å². The van der Waals surface area contributed by atoms with Crippen LogP contribution in [0, 0.1) is 6.92 Å². The molecule has 1 atom stereocenters. The Morgan fingerprint density at radius 2 is 1.64 bits per heavy atom. The van der Waals surface area contributed by atoms with Gasteiger partial charge in [-0.2, -0.15) is 0 Å². The maximum atomic E-state index is 13.4. The Morgan fingerprint density at radius 1 is 0.970 bits per heavy atom. The molecule has 33 heavy (non-hydrogen) atoms. The molecule has 172 valence electrons. The van der Waals surface area contributed by atoms with Gasteiger partial charge in [-0.3, -0.25) is 9.59 Å². The molecule has 0 aromatic heterocycles. The van der Waals surface area contributed by atoms with Crippen molar-refractivity contribution in [1.29, 1.82) is 0 Å². The first-order valence-electron chi connectivity index (χ1n) is 11.0. The molecule has 0 bridgehead atoms. The van der Waals surface area contributed by atoms with Crippen LogP contribution in [0.25, 0.3) is 0 Å². The van der Waals surface area contributed by atoms with Crippen LogP contribution in [0.15, 0.2) is 78.9 Å². The molecule has 3 aromatic rings. The van der Waals surface area contributed by atoms with Crippen molar-refractivity contribution in [3.63, 3.8) is 0 Å². The van der Waals surface area contributed by atoms with Gasteiger partial charge >= 0.3 is 0 Å². The van der Waals surface area contributed by atoms with Crippen LogP contribution in [0.5, 0.6) is 5.75 Å². The van der Waals surface area contributed by atoms with Gasteiger partial charge in [-0.15, -0.1) is 0 Å². The summed E-state index contributed by atoms with van der Waals surface area (Å²) in [6.45, 7) is 4.48. The highest BCUT2D eigenvalue weighted by atomic mass is 35.5. The van der Waals surface area contributed by atoms with E-state index in [1.54, 1.807) is 29.2 Å². The van der Waals surface area contributed by atoms with E-state index in [0.717, 1.165) is 16.7 Å². The lowest BCUT2D eigenvalue weighted by Crippen LogP contribution is -2.51. The molecule has 0 aliphatic carbocycles. The monoisotopic (exact) mass is 464 g/mol. The van der Waals surface area contributed by atoms with Crippen LogP contribution in [-0.2, 0) is 22.6 Å². The summed E-state index contributed by atoms with van der Waals surface area (Å²) < 4.78 is 5.73. The normalized spacial score (nSPS) is 11.5. The van der Waals surface area contributed by atoms with Crippen molar-refractivity contribution in [1.82, 2.24) is 10.2 Å². The number of ether oxygens (including phenoxy) is 1. The van der Waals surface area contributed by atoms with Crippen molar-refractivity contribution >= 4 is 23.4 Å². The van der Waals surface area contributed by atoms with E-state index in [4.69, 9.17) is 16.3 Å². The second-order valence-corrected chi connectivity index (χ2v) is 8.23. The number of hydrogen-bond donors (Lipinski definition) is 1. The number of amides is 2. The molecule has 1 N–H and O–H groups in total. The molecule has 0 spiro atoms. The SMILES string of the molecule is CCNC(=O)[C@@H](Cc1ccccc1)N(Cc1ccccc1C)C(=O)COc1ccc(Cl)cc1. The second-order valence-electron chi connectivity index (χ2n) is 7.79. The van der Waals surface area contributed by atoms with E-state index in [0.29, 0.717) is 30.3 Å². The van der Waals surface area contributed by atoms with Crippen LogP contribution in [0.1, 0.15) is 23.6 Å². The smallest absolute Gasteiger partial charge is 0.261 e. The summed E-state index contributed by atoms with van der Waals surface area (Å²) in [4.78, 5) is 28.2. The molecule has 0 fully saturated rings. The second kappa shape index (κ2) is 12.1. The Balaban J connectivity index is 1.89. The van der Waals surface area contributed by atoms with Gasteiger partial charge in [-0.1, -0.05) is 66.2 Å². The molecule has 0 aliphatic heterocycles. The third kappa shape index (κ3) is 7.09. The zero-order chi connectivity index (χ0) is 23.6. The fourth-order valence-electron chi connectivity index (χ4n) is 3.58. The van der Waals surface area contributed by atoms with Crippen molar-refractivity contribution < 1.29 is 14.3 Å². The number of nitrogens with one attached hydrogen (secondary N) is 1. The van der Waals surface area contributed by atoms with E-state index in [1.165, 1.54) is 0 Å². The number of halogens is 1. The number of aryl methyl sites for hydroxylation is 1. The lowest BCUT2D eigenvalue weighted by molar-refractivity contribution is -0.142. The largest absolute Gasteiger partial charge is 0.484 e. The Hall–Kier alpha value is -3.31. The molecule has 3 aromatic carbocycles. The molecular weight excluding hydrogens is 436 g/mol. The third-order valence-corrected chi connectivity index (χ3v) is 5.65. The number of carbonyl (C=O) groups is 2. The van der Waals surface area contributed by atoms with E-state index in [1.807, 2.05) is 68.4 Å². The molecule has 2 amide bonds. The molecule has 0 heterocycles. The Labute approximate surface area is 200 Å². The summed E-state index contributed by atoms with van der Waals surface area (Å²) in [5, 5.41) is 3.49. The number of hydrogen-bond acceptors (Lipinski definition) is 3. The minimum Gasteiger partial charge on any atom is -0.484 e. The van der Waals surface area contributed by atoms with Gasteiger partial charge in [-0.25, -0.2) is 0 Å². The molecule has 5 nitrogen and oxygen atoms in total. The summed E-state index contributed by atoms with van der Waals surface area (Å²) in [6.07, 6.45) is 0.408. The van der Waals surface area contributed by atoms with E-state index in [-0.39, 0.29) is 18.4 Å². The van der Waals surface area contributed by atoms with Crippen LogP contribution in [0.4, 0.5) is 0 Å². The number of carbonyl (C=O) groups excluding carboxylic acids is 2. The van der Waals surface area contributed by atoms with E-state index < -0.39 is 6.04 Å². The van der Waals surface area contributed by atoms with Crippen molar-refractivity contribution in [2.45, 2.75) is 32.9 Å². The highest BCUT2D eigenvalue weighted by molar-refractivity contribution is 6.30. The molecule has 0 aliphatic rings. The van der Waals surface area contributed by atoms with Gasteiger partial charge in [0.15, 0.2) is 6.61 Å². The average Bonchev–Trinajstić information content (AvgIpc) is 2.82. The third-order valence-electron chi connectivity index (χ3n) is 5.40. The fourth-order valence-corrected chi connectivity index (χ4v) is 3.70.